The van der Waals surface area contributed by atoms with Crippen molar-refractivity contribution >= 4 is 0 Å². The van der Waals surface area contributed by atoms with Crippen LogP contribution >= 0.6 is 0 Å². The van der Waals surface area contributed by atoms with Gasteiger partial charge in [-0.2, -0.15) is 5.10 Å². The summed E-state index contributed by atoms with van der Waals surface area (Å²) < 4.78 is 7.70. The number of hydrogen-bond donors (Lipinski definition) is 1. The summed E-state index contributed by atoms with van der Waals surface area (Å²) in [7, 11) is 0. The first-order chi connectivity index (χ1) is 8.29. The van der Waals surface area contributed by atoms with E-state index in [1.54, 1.807) is 0 Å². The van der Waals surface area contributed by atoms with Gasteiger partial charge in [0.1, 0.15) is 0 Å². The summed E-state index contributed by atoms with van der Waals surface area (Å²) in [5, 5.41) is 7.97. The number of nitrogens with one attached hydrogen (secondary N) is 1. The van der Waals surface area contributed by atoms with Gasteiger partial charge in [-0.3, -0.25) is 4.68 Å². The van der Waals surface area contributed by atoms with Crippen molar-refractivity contribution in [2.75, 3.05) is 13.2 Å². The average Bonchev–Trinajstić information content (AvgIpc) is 2.90. The largest absolute Gasteiger partial charge is 0.377 e. The molecule has 2 rings (SSSR count). The Balaban J connectivity index is 1.80. The first-order valence-corrected chi connectivity index (χ1v) is 6.65. The molecular formula is C13H23N3O. The van der Waals surface area contributed by atoms with Crippen molar-refractivity contribution in [1.82, 2.24) is 15.1 Å². The average molecular weight is 237 g/mol. The van der Waals surface area contributed by atoms with Crippen LogP contribution in [0.4, 0.5) is 0 Å². The van der Waals surface area contributed by atoms with Gasteiger partial charge in [0.25, 0.3) is 0 Å². The van der Waals surface area contributed by atoms with E-state index in [9.17, 15) is 0 Å². The molecule has 1 aliphatic heterocycles. The number of nitrogens with zero attached hydrogens (tertiary/aromatic N) is 2. The van der Waals surface area contributed by atoms with Gasteiger partial charge in [0.05, 0.1) is 17.5 Å². The lowest BCUT2D eigenvalue weighted by molar-refractivity contribution is 0.109. The molecule has 96 valence electrons. The highest BCUT2D eigenvalue weighted by atomic mass is 16.5. The molecule has 4 nitrogen and oxygen atoms in total. The fraction of sp³-hybridized carbons (Fsp3) is 0.769. The van der Waals surface area contributed by atoms with Crippen molar-refractivity contribution in [1.29, 1.82) is 0 Å². The van der Waals surface area contributed by atoms with Gasteiger partial charge in [-0.15, -0.1) is 0 Å². The van der Waals surface area contributed by atoms with Gasteiger partial charge < -0.3 is 10.1 Å². The van der Waals surface area contributed by atoms with Crippen LogP contribution in [-0.2, 0) is 17.8 Å². The predicted octanol–water partition coefficient (Wildman–Crippen LogP) is 1.87. The monoisotopic (exact) mass is 237 g/mol. The van der Waals surface area contributed by atoms with E-state index >= 15 is 0 Å². The quantitative estimate of drug-likeness (QED) is 0.821. The molecule has 1 aliphatic rings. The molecule has 1 N–H and O–H groups in total. The van der Waals surface area contributed by atoms with Crippen molar-refractivity contribution < 1.29 is 4.74 Å². The molecular weight excluding hydrogens is 214 g/mol. The number of aryl methyl sites for hydroxylation is 2. The van der Waals surface area contributed by atoms with Gasteiger partial charge in [0, 0.05) is 26.2 Å². The highest BCUT2D eigenvalue weighted by Crippen LogP contribution is 2.11. The molecule has 1 fully saturated rings. The van der Waals surface area contributed by atoms with E-state index in [1.807, 2.05) is 0 Å². The summed E-state index contributed by atoms with van der Waals surface area (Å²) in [5.74, 6) is 0. The predicted molar refractivity (Wildman–Crippen MR) is 67.9 cm³/mol. The van der Waals surface area contributed by atoms with Gasteiger partial charge in [0.2, 0.25) is 0 Å². The smallest absolute Gasteiger partial charge is 0.0700 e. The molecule has 17 heavy (non-hydrogen) atoms. The summed E-state index contributed by atoms with van der Waals surface area (Å²) in [6, 6.07) is 2.16. The zero-order chi connectivity index (χ0) is 12.1. The molecule has 0 saturated carbocycles. The minimum atomic E-state index is 0.415. The van der Waals surface area contributed by atoms with Gasteiger partial charge >= 0.3 is 0 Å². The molecule has 0 bridgehead atoms. The Bertz CT molecular complexity index is 342. The van der Waals surface area contributed by atoms with Crippen LogP contribution in [-0.4, -0.2) is 29.0 Å². The summed E-state index contributed by atoms with van der Waals surface area (Å²) in [6.45, 7) is 8.01. The van der Waals surface area contributed by atoms with Crippen LogP contribution in [0, 0.1) is 6.92 Å². The maximum Gasteiger partial charge on any atom is 0.0700 e. The summed E-state index contributed by atoms with van der Waals surface area (Å²) in [5.41, 5.74) is 2.38. The van der Waals surface area contributed by atoms with Gasteiger partial charge in [0.15, 0.2) is 0 Å². The highest BCUT2D eigenvalue weighted by molar-refractivity contribution is 5.08. The maximum absolute atomic E-state index is 5.59. The second-order valence-electron chi connectivity index (χ2n) is 4.77. The van der Waals surface area contributed by atoms with Crippen molar-refractivity contribution in [2.45, 2.75) is 52.3 Å². The third-order valence-electron chi connectivity index (χ3n) is 3.12. The molecule has 0 aromatic carbocycles. The van der Waals surface area contributed by atoms with E-state index in [4.69, 9.17) is 4.74 Å². The van der Waals surface area contributed by atoms with E-state index in [0.717, 1.165) is 38.4 Å². The lowest BCUT2D eigenvalue weighted by Crippen LogP contribution is -2.26. The van der Waals surface area contributed by atoms with E-state index < -0.39 is 0 Å². The molecule has 4 heteroatoms. The Morgan fingerprint density at radius 3 is 3.18 bits per heavy atom. The van der Waals surface area contributed by atoms with E-state index in [-0.39, 0.29) is 0 Å². The van der Waals surface area contributed by atoms with Crippen LogP contribution in [0.3, 0.4) is 0 Å². The Morgan fingerprint density at radius 2 is 2.47 bits per heavy atom. The molecule has 0 aliphatic carbocycles. The van der Waals surface area contributed by atoms with Gasteiger partial charge in [-0.1, -0.05) is 6.92 Å². The van der Waals surface area contributed by atoms with Crippen LogP contribution in [0.25, 0.3) is 0 Å². The van der Waals surface area contributed by atoms with Crippen molar-refractivity contribution in [2.24, 2.45) is 0 Å². The van der Waals surface area contributed by atoms with Crippen molar-refractivity contribution in [3.8, 4) is 0 Å². The number of rotatable bonds is 6. The zero-order valence-electron chi connectivity index (χ0n) is 10.9. The molecule has 1 aromatic heterocycles. The fourth-order valence-electron chi connectivity index (χ4n) is 2.31. The minimum absolute atomic E-state index is 0.415. The molecule has 0 amide bonds. The molecule has 0 spiro atoms. The Morgan fingerprint density at radius 1 is 1.59 bits per heavy atom. The fourth-order valence-corrected chi connectivity index (χ4v) is 2.31. The lowest BCUT2D eigenvalue weighted by Gasteiger charge is -2.11. The molecule has 1 aromatic rings. The summed E-state index contributed by atoms with van der Waals surface area (Å²) >= 11 is 0. The van der Waals surface area contributed by atoms with E-state index in [2.05, 4.69) is 35.0 Å². The summed E-state index contributed by atoms with van der Waals surface area (Å²) in [4.78, 5) is 0. The van der Waals surface area contributed by atoms with Crippen LogP contribution in [0.1, 0.15) is 37.6 Å². The molecule has 1 saturated heterocycles. The van der Waals surface area contributed by atoms with Crippen molar-refractivity contribution in [3.63, 3.8) is 0 Å². The zero-order valence-corrected chi connectivity index (χ0v) is 10.9. The van der Waals surface area contributed by atoms with Gasteiger partial charge in [-0.25, -0.2) is 0 Å². The van der Waals surface area contributed by atoms with Crippen LogP contribution < -0.4 is 5.32 Å². The lowest BCUT2D eigenvalue weighted by atomic mass is 10.2. The number of aromatic nitrogens is 2. The normalized spacial score (nSPS) is 20.0. The van der Waals surface area contributed by atoms with Gasteiger partial charge in [-0.05, 0) is 32.3 Å². The minimum Gasteiger partial charge on any atom is -0.377 e. The van der Waals surface area contributed by atoms with Crippen LogP contribution in [0.5, 0.6) is 0 Å². The van der Waals surface area contributed by atoms with E-state index in [0.29, 0.717) is 6.10 Å². The molecule has 1 atom stereocenters. The summed E-state index contributed by atoms with van der Waals surface area (Å²) in [6.07, 6.45) is 3.94. The van der Waals surface area contributed by atoms with Crippen LogP contribution in [0.15, 0.2) is 6.07 Å². The Labute approximate surface area is 103 Å². The number of hydrogen-bond acceptors (Lipinski definition) is 3. The Hall–Kier alpha value is -0.870. The second kappa shape index (κ2) is 6.17. The highest BCUT2D eigenvalue weighted by Gasteiger charge is 2.14. The molecule has 0 unspecified atom stereocenters. The Kier molecular flexibility index (Phi) is 4.57. The standard InChI is InChI=1S/C13H23N3O/c1-3-6-16-12(8-11(2)15-16)9-14-10-13-5-4-7-17-13/h8,13-14H,3-7,9-10H2,1-2H3/t13-/m1/s1. The van der Waals surface area contributed by atoms with Crippen molar-refractivity contribution in [3.05, 3.63) is 17.5 Å². The first-order valence-electron chi connectivity index (χ1n) is 6.65. The third kappa shape index (κ3) is 3.54. The van der Waals surface area contributed by atoms with E-state index in [1.165, 1.54) is 18.5 Å². The molecule has 0 radical (unpaired) electrons. The first kappa shape index (κ1) is 12.6. The topological polar surface area (TPSA) is 39.1 Å². The number of ether oxygens (including phenoxy) is 1. The molecule has 2 heterocycles. The third-order valence-corrected chi connectivity index (χ3v) is 3.12. The van der Waals surface area contributed by atoms with Crippen LogP contribution in [0.2, 0.25) is 0 Å². The maximum atomic E-state index is 5.59. The second-order valence-corrected chi connectivity index (χ2v) is 4.77. The SMILES string of the molecule is CCCn1nc(C)cc1CNC[C@H]1CCCO1.